The quantitative estimate of drug-likeness (QED) is 0.228. The van der Waals surface area contributed by atoms with Gasteiger partial charge in [-0.25, -0.2) is 0 Å². The van der Waals surface area contributed by atoms with Crippen LogP contribution in [0.3, 0.4) is 0 Å². The minimum absolute atomic E-state index is 0.0964. The molecule has 0 aromatic heterocycles. The van der Waals surface area contributed by atoms with Gasteiger partial charge < -0.3 is 9.84 Å². The lowest BCUT2D eigenvalue weighted by Gasteiger charge is -2.10. The van der Waals surface area contributed by atoms with E-state index in [1.54, 1.807) is 23.8 Å². The molecular weight excluding hydrogens is 290 g/mol. The highest BCUT2D eigenvalue weighted by atomic mass is 32.1. The van der Waals surface area contributed by atoms with E-state index in [0.29, 0.717) is 5.56 Å². The number of hydrogen-bond donors (Lipinski definition) is 2. The standard InChI is InChI=1S/C15H23NO4S/c1-13(14-8-4-5-9-15(14)16(18)19)20-12-21-11-7-3-2-6-10-17/h4-5,8-9,12-13,17,21H,2-3,6-7,10-11H2,1H3. The number of rotatable bonds is 10. The first-order chi connectivity index (χ1) is 10.2. The lowest BCUT2D eigenvalue weighted by molar-refractivity contribution is -0.386. The third-order valence-corrected chi connectivity index (χ3v) is 3.95. The average molecular weight is 313 g/mol. The van der Waals surface area contributed by atoms with E-state index in [2.05, 4.69) is 0 Å². The Balaban J connectivity index is 2.37. The minimum Gasteiger partial charge on any atom is -0.396 e. The molecule has 0 fully saturated rings. The van der Waals surface area contributed by atoms with E-state index in [4.69, 9.17) is 9.84 Å². The molecule has 6 heteroatoms. The number of aliphatic hydroxyl groups excluding tert-OH is 1. The molecule has 0 spiro atoms. The van der Waals surface area contributed by atoms with E-state index in [9.17, 15) is 10.1 Å². The van der Waals surface area contributed by atoms with Crippen LogP contribution in [0.5, 0.6) is 0 Å². The first-order valence-electron chi connectivity index (χ1n) is 7.14. The predicted molar refractivity (Wildman–Crippen MR) is 88.1 cm³/mol. The molecule has 1 aromatic rings. The zero-order valence-electron chi connectivity index (χ0n) is 12.3. The molecule has 1 rings (SSSR count). The Morgan fingerprint density at radius 2 is 2.05 bits per heavy atom. The summed E-state index contributed by atoms with van der Waals surface area (Å²) in [5.41, 5.74) is 2.41. The number of para-hydroxylation sites is 1. The highest BCUT2D eigenvalue weighted by Gasteiger charge is 2.17. The maximum Gasteiger partial charge on any atom is 0.275 e. The van der Waals surface area contributed by atoms with Gasteiger partial charge in [0.05, 0.1) is 22.1 Å². The van der Waals surface area contributed by atoms with Crippen molar-refractivity contribution in [3.63, 3.8) is 0 Å². The van der Waals surface area contributed by atoms with Crippen LogP contribution in [0.4, 0.5) is 5.69 Å². The number of nitro benzene ring substituents is 1. The number of hydrogen-bond acceptors (Lipinski definition) is 4. The summed E-state index contributed by atoms with van der Waals surface area (Å²) < 4.78 is 5.56. The molecule has 1 aromatic carbocycles. The maximum atomic E-state index is 10.9. The van der Waals surface area contributed by atoms with E-state index in [1.165, 1.54) is 6.07 Å². The molecule has 0 amide bonds. The summed E-state index contributed by atoms with van der Waals surface area (Å²) >= 11 is 1.08. The Morgan fingerprint density at radius 3 is 2.76 bits per heavy atom. The van der Waals surface area contributed by atoms with Crippen LogP contribution >= 0.6 is 11.4 Å². The van der Waals surface area contributed by atoms with Crippen LogP contribution in [-0.4, -0.2) is 27.9 Å². The second-order valence-electron chi connectivity index (χ2n) is 4.74. The van der Waals surface area contributed by atoms with Gasteiger partial charge in [-0.2, -0.15) is 11.4 Å². The van der Waals surface area contributed by atoms with Crippen LogP contribution in [-0.2, 0) is 4.74 Å². The molecule has 0 bridgehead atoms. The molecule has 1 atom stereocenters. The predicted octanol–water partition coefficient (Wildman–Crippen LogP) is 3.45. The summed E-state index contributed by atoms with van der Waals surface area (Å²) in [6.07, 6.45) is 3.81. The van der Waals surface area contributed by atoms with E-state index in [0.717, 1.165) is 42.8 Å². The van der Waals surface area contributed by atoms with Crippen LogP contribution in [0.25, 0.3) is 0 Å². The number of ether oxygens (including phenoxy) is 1. The highest BCUT2D eigenvalue weighted by molar-refractivity contribution is 7.97. The van der Waals surface area contributed by atoms with E-state index < -0.39 is 0 Å². The Bertz CT molecular complexity index is 465. The van der Waals surface area contributed by atoms with E-state index in [-0.39, 0.29) is 23.3 Å². The molecule has 5 nitrogen and oxygen atoms in total. The normalized spacial score (nSPS) is 13.0. The number of unbranched alkanes of at least 4 members (excludes halogenated alkanes) is 3. The van der Waals surface area contributed by atoms with Crippen LogP contribution in [0, 0.1) is 10.1 Å². The van der Waals surface area contributed by atoms with Crippen molar-refractivity contribution in [1.82, 2.24) is 0 Å². The van der Waals surface area contributed by atoms with Gasteiger partial charge in [0.1, 0.15) is 0 Å². The Morgan fingerprint density at radius 1 is 1.33 bits per heavy atom. The molecule has 0 saturated heterocycles. The van der Waals surface area contributed by atoms with E-state index >= 15 is 0 Å². The largest absolute Gasteiger partial charge is 0.396 e. The van der Waals surface area contributed by atoms with Crippen molar-refractivity contribution in [2.24, 2.45) is 0 Å². The fraction of sp³-hybridized carbons (Fsp3) is 0.533. The second kappa shape index (κ2) is 10.5. The van der Waals surface area contributed by atoms with Crippen molar-refractivity contribution >= 4 is 22.6 Å². The number of benzene rings is 1. The van der Waals surface area contributed by atoms with Gasteiger partial charge in [0.15, 0.2) is 0 Å². The fourth-order valence-corrected chi connectivity index (χ4v) is 2.71. The van der Waals surface area contributed by atoms with Gasteiger partial charge in [-0.3, -0.25) is 10.1 Å². The molecular formula is C15H23NO4S. The molecule has 0 radical (unpaired) electrons. The molecule has 21 heavy (non-hydrogen) atoms. The Labute approximate surface area is 129 Å². The third kappa shape index (κ3) is 6.84. The number of aliphatic hydroxyl groups is 1. The summed E-state index contributed by atoms with van der Waals surface area (Å²) in [6.45, 7) is 2.08. The van der Waals surface area contributed by atoms with Crippen LogP contribution < -0.4 is 0 Å². The summed E-state index contributed by atoms with van der Waals surface area (Å²) in [6, 6.07) is 6.65. The third-order valence-electron chi connectivity index (χ3n) is 3.11. The molecule has 1 unspecified atom stereocenters. The molecule has 0 heterocycles. The lowest BCUT2D eigenvalue weighted by atomic mass is 10.1. The van der Waals surface area contributed by atoms with Crippen LogP contribution in [0.1, 0.15) is 44.3 Å². The van der Waals surface area contributed by atoms with Gasteiger partial charge >= 0.3 is 0 Å². The first-order valence-corrected chi connectivity index (χ1v) is 8.29. The van der Waals surface area contributed by atoms with Gasteiger partial charge in [0.2, 0.25) is 0 Å². The summed E-state index contributed by atoms with van der Waals surface area (Å²) in [5, 5.41) is 19.6. The van der Waals surface area contributed by atoms with Crippen molar-refractivity contribution in [3.05, 3.63) is 39.9 Å². The topological polar surface area (TPSA) is 72.6 Å². The van der Waals surface area contributed by atoms with E-state index in [1.807, 2.05) is 6.92 Å². The zero-order valence-corrected chi connectivity index (χ0v) is 13.2. The van der Waals surface area contributed by atoms with Crippen molar-refractivity contribution < 1.29 is 14.8 Å². The van der Waals surface area contributed by atoms with Crippen molar-refractivity contribution in [1.29, 1.82) is 0 Å². The zero-order chi connectivity index (χ0) is 15.5. The number of nitrogens with zero attached hydrogens (tertiary/aromatic N) is 1. The molecule has 0 aliphatic rings. The van der Waals surface area contributed by atoms with Gasteiger partial charge in [-0.05, 0) is 31.6 Å². The molecule has 0 aliphatic heterocycles. The Hall–Kier alpha value is -1.24. The monoisotopic (exact) mass is 313 g/mol. The van der Waals surface area contributed by atoms with Gasteiger partial charge in [-0.1, -0.05) is 25.0 Å². The average Bonchev–Trinajstić information content (AvgIpc) is 2.49. The second-order valence-corrected chi connectivity index (χ2v) is 5.77. The van der Waals surface area contributed by atoms with Gasteiger partial charge in [0.25, 0.3) is 5.69 Å². The van der Waals surface area contributed by atoms with Crippen LogP contribution in [0.2, 0.25) is 0 Å². The maximum absolute atomic E-state index is 10.9. The molecule has 1 N–H and O–H groups in total. The van der Waals surface area contributed by atoms with Crippen molar-refractivity contribution in [3.8, 4) is 0 Å². The minimum atomic E-state index is -0.381. The fourth-order valence-electron chi connectivity index (χ4n) is 1.93. The summed E-state index contributed by atoms with van der Waals surface area (Å²) in [4.78, 5) is 10.6. The van der Waals surface area contributed by atoms with Crippen molar-refractivity contribution in [2.45, 2.75) is 38.7 Å². The molecule has 0 saturated carbocycles. The van der Waals surface area contributed by atoms with Crippen LogP contribution in [0.15, 0.2) is 24.3 Å². The molecule has 0 aliphatic carbocycles. The lowest BCUT2D eigenvalue weighted by Crippen LogP contribution is -2.02. The Kier molecular flexibility index (Phi) is 8.89. The van der Waals surface area contributed by atoms with Gasteiger partial charge in [0, 0.05) is 12.7 Å². The first kappa shape index (κ1) is 17.8. The van der Waals surface area contributed by atoms with Gasteiger partial charge in [-0.15, -0.1) is 0 Å². The van der Waals surface area contributed by atoms with Crippen molar-refractivity contribution in [2.75, 3.05) is 12.4 Å². The number of nitro groups is 1. The number of thiol groups is 1. The summed E-state index contributed by atoms with van der Waals surface area (Å²) in [5.74, 6) is 1.01. The molecule has 118 valence electrons. The smallest absolute Gasteiger partial charge is 0.275 e. The highest BCUT2D eigenvalue weighted by Crippen LogP contribution is 2.26. The summed E-state index contributed by atoms with van der Waals surface area (Å²) in [7, 11) is 0. The SMILES string of the molecule is CC(OC=[SH]CCCCCCO)c1ccccc1[N+](=O)[O-].